The van der Waals surface area contributed by atoms with Crippen LogP contribution in [0.15, 0.2) is 23.4 Å². The number of pyridine rings is 1. The van der Waals surface area contributed by atoms with Crippen LogP contribution in [0.3, 0.4) is 0 Å². The highest BCUT2D eigenvalue weighted by molar-refractivity contribution is 7.89. The molecule has 0 bridgehead atoms. The lowest BCUT2D eigenvalue weighted by Gasteiger charge is -2.02. The lowest BCUT2D eigenvalue weighted by atomic mass is 10.3. The summed E-state index contributed by atoms with van der Waals surface area (Å²) < 4.78 is 21.7. The zero-order valence-corrected chi connectivity index (χ0v) is 8.71. The van der Waals surface area contributed by atoms with E-state index in [0.29, 0.717) is 6.54 Å². The van der Waals surface area contributed by atoms with E-state index in [2.05, 4.69) is 10.3 Å². The number of primary sulfonamides is 1. The Morgan fingerprint density at radius 1 is 1.50 bits per heavy atom. The van der Waals surface area contributed by atoms with Gasteiger partial charge in [0, 0.05) is 12.7 Å². The first kappa shape index (κ1) is 11.1. The van der Waals surface area contributed by atoms with Gasteiger partial charge in [0.15, 0.2) is 5.03 Å². The molecular weight excluding hydrogens is 202 g/mol. The first-order chi connectivity index (χ1) is 6.54. The Bertz CT molecular complexity index is 386. The van der Waals surface area contributed by atoms with E-state index in [1.807, 2.05) is 6.92 Å². The van der Waals surface area contributed by atoms with Crippen LogP contribution < -0.4 is 10.5 Å². The van der Waals surface area contributed by atoms with Crippen molar-refractivity contribution in [1.82, 2.24) is 10.3 Å². The molecule has 3 N–H and O–H groups in total. The van der Waals surface area contributed by atoms with E-state index in [4.69, 9.17) is 5.14 Å². The third-order valence-electron chi connectivity index (χ3n) is 1.67. The number of nitrogens with zero attached hydrogens (tertiary/aromatic N) is 1. The molecule has 0 aliphatic heterocycles. The molecule has 5 nitrogen and oxygen atoms in total. The van der Waals surface area contributed by atoms with Crippen LogP contribution in [0.1, 0.15) is 12.5 Å². The van der Waals surface area contributed by atoms with Crippen LogP contribution in [0.4, 0.5) is 0 Å². The molecular formula is C8H13N3O2S. The van der Waals surface area contributed by atoms with Gasteiger partial charge < -0.3 is 5.32 Å². The van der Waals surface area contributed by atoms with Gasteiger partial charge in [0.1, 0.15) is 0 Å². The molecule has 0 aromatic carbocycles. The Balaban J connectivity index is 2.79. The summed E-state index contributed by atoms with van der Waals surface area (Å²) in [6, 6.07) is 3.09. The first-order valence-corrected chi connectivity index (χ1v) is 5.77. The second-order valence-corrected chi connectivity index (χ2v) is 4.34. The van der Waals surface area contributed by atoms with E-state index in [0.717, 1.165) is 12.1 Å². The summed E-state index contributed by atoms with van der Waals surface area (Å²) in [5.41, 5.74) is 0.930. The van der Waals surface area contributed by atoms with Gasteiger partial charge in [0.25, 0.3) is 10.0 Å². The monoisotopic (exact) mass is 215 g/mol. The number of hydrogen-bond acceptors (Lipinski definition) is 4. The summed E-state index contributed by atoms with van der Waals surface area (Å²) >= 11 is 0. The van der Waals surface area contributed by atoms with Crippen molar-refractivity contribution in [3.63, 3.8) is 0 Å². The van der Waals surface area contributed by atoms with Crippen LogP contribution >= 0.6 is 0 Å². The van der Waals surface area contributed by atoms with Gasteiger partial charge in [-0.3, -0.25) is 0 Å². The molecule has 14 heavy (non-hydrogen) atoms. The van der Waals surface area contributed by atoms with Crippen LogP contribution in [-0.2, 0) is 16.6 Å². The maximum absolute atomic E-state index is 10.9. The number of hydrogen-bond donors (Lipinski definition) is 2. The summed E-state index contributed by atoms with van der Waals surface area (Å²) in [5.74, 6) is 0. The van der Waals surface area contributed by atoms with Gasteiger partial charge in [-0.25, -0.2) is 18.5 Å². The third-order valence-corrected chi connectivity index (χ3v) is 2.49. The molecule has 0 spiro atoms. The molecule has 78 valence electrons. The molecule has 1 aromatic rings. The summed E-state index contributed by atoms with van der Waals surface area (Å²) in [6.45, 7) is 3.53. The second-order valence-electron chi connectivity index (χ2n) is 2.83. The molecule has 0 atom stereocenters. The molecule has 1 rings (SSSR count). The van der Waals surface area contributed by atoms with Crippen LogP contribution in [-0.4, -0.2) is 19.9 Å². The highest BCUT2D eigenvalue weighted by Crippen LogP contribution is 2.03. The van der Waals surface area contributed by atoms with Crippen molar-refractivity contribution >= 4 is 10.0 Å². The molecule has 0 aliphatic rings. The molecule has 1 heterocycles. The zero-order chi connectivity index (χ0) is 10.6. The van der Waals surface area contributed by atoms with Crippen molar-refractivity contribution in [3.8, 4) is 0 Å². The van der Waals surface area contributed by atoms with Gasteiger partial charge in [-0.05, 0) is 18.2 Å². The van der Waals surface area contributed by atoms with Crippen molar-refractivity contribution in [3.05, 3.63) is 23.9 Å². The third kappa shape index (κ3) is 3.06. The molecule has 0 aliphatic carbocycles. The smallest absolute Gasteiger partial charge is 0.255 e. The van der Waals surface area contributed by atoms with E-state index in [9.17, 15) is 8.42 Å². The van der Waals surface area contributed by atoms with Crippen molar-refractivity contribution in [1.29, 1.82) is 0 Å². The van der Waals surface area contributed by atoms with Crippen LogP contribution in [0.2, 0.25) is 0 Å². The van der Waals surface area contributed by atoms with Crippen molar-refractivity contribution in [2.45, 2.75) is 18.5 Å². The average molecular weight is 215 g/mol. The highest BCUT2D eigenvalue weighted by atomic mass is 32.2. The van der Waals surface area contributed by atoms with Crippen molar-refractivity contribution in [2.24, 2.45) is 5.14 Å². The number of nitrogens with two attached hydrogens (primary N) is 1. The fourth-order valence-electron chi connectivity index (χ4n) is 0.953. The van der Waals surface area contributed by atoms with Gasteiger partial charge in [-0.1, -0.05) is 13.0 Å². The Morgan fingerprint density at radius 2 is 2.21 bits per heavy atom. The maximum Gasteiger partial charge on any atom is 0.255 e. The fraction of sp³-hybridized carbons (Fsp3) is 0.375. The fourth-order valence-corrected chi connectivity index (χ4v) is 1.41. The quantitative estimate of drug-likeness (QED) is 0.730. The minimum Gasteiger partial charge on any atom is -0.313 e. The predicted molar refractivity (Wildman–Crippen MR) is 53.0 cm³/mol. The molecule has 1 aromatic heterocycles. The summed E-state index contributed by atoms with van der Waals surface area (Å²) in [4.78, 5) is 3.75. The van der Waals surface area contributed by atoms with Gasteiger partial charge in [-0.15, -0.1) is 0 Å². The molecule has 0 saturated heterocycles. The molecule has 0 fully saturated rings. The van der Waals surface area contributed by atoms with Gasteiger partial charge in [0.2, 0.25) is 0 Å². The Hall–Kier alpha value is -0.980. The van der Waals surface area contributed by atoms with E-state index in [-0.39, 0.29) is 5.03 Å². The SMILES string of the molecule is CCNCc1ccc(S(N)(=O)=O)nc1. The summed E-state index contributed by atoms with van der Waals surface area (Å²) in [6.07, 6.45) is 1.50. The molecule has 6 heteroatoms. The zero-order valence-electron chi connectivity index (χ0n) is 7.90. The minimum atomic E-state index is -3.67. The number of aromatic nitrogens is 1. The first-order valence-electron chi connectivity index (χ1n) is 4.22. The van der Waals surface area contributed by atoms with Crippen LogP contribution in [0, 0.1) is 0 Å². The summed E-state index contributed by atoms with van der Waals surface area (Å²) in [7, 11) is -3.67. The molecule has 0 amide bonds. The minimum absolute atomic E-state index is 0.0993. The lowest BCUT2D eigenvalue weighted by molar-refractivity contribution is 0.594. The normalized spacial score (nSPS) is 11.6. The average Bonchev–Trinajstić information content (AvgIpc) is 2.14. The lowest BCUT2D eigenvalue weighted by Crippen LogP contribution is -2.15. The number of nitrogens with one attached hydrogen (secondary N) is 1. The maximum atomic E-state index is 10.9. The number of rotatable bonds is 4. The second kappa shape index (κ2) is 4.50. The van der Waals surface area contributed by atoms with E-state index >= 15 is 0 Å². The van der Waals surface area contributed by atoms with Crippen LogP contribution in [0.5, 0.6) is 0 Å². The largest absolute Gasteiger partial charge is 0.313 e. The standard InChI is InChI=1S/C8H13N3O2S/c1-2-10-5-7-3-4-8(11-6-7)14(9,12)13/h3-4,6,10H,2,5H2,1H3,(H2,9,12,13). The van der Waals surface area contributed by atoms with E-state index < -0.39 is 10.0 Å². The van der Waals surface area contributed by atoms with E-state index in [1.165, 1.54) is 12.3 Å². The van der Waals surface area contributed by atoms with Gasteiger partial charge >= 0.3 is 0 Å². The van der Waals surface area contributed by atoms with E-state index in [1.54, 1.807) is 6.07 Å². The number of sulfonamides is 1. The summed E-state index contributed by atoms with van der Waals surface area (Å²) in [5, 5.41) is 7.90. The van der Waals surface area contributed by atoms with Crippen LogP contribution in [0.25, 0.3) is 0 Å². The van der Waals surface area contributed by atoms with Gasteiger partial charge in [0.05, 0.1) is 0 Å². The van der Waals surface area contributed by atoms with Crippen molar-refractivity contribution < 1.29 is 8.42 Å². The molecule has 0 radical (unpaired) electrons. The Labute approximate surface area is 83.4 Å². The Morgan fingerprint density at radius 3 is 2.64 bits per heavy atom. The van der Waals surface area contributed by atoms with Gasteiger partial charge in [-0.2, -0.15) is 0 Å². The van der Waals surface area contributed by atoms with Crippen molar-refractivity contribution in [2.75, 3.05) is 6.54 Å². The highest BCUT2D eigenvalue weighted by Gasteiger charge is 2.07. The molecule has 0 saturated carbocycles. The molecule has 0 unspecified atom stereocenters. The topological polar surface area (TPSA) is 85.1 Å². The Kier molecular flexibility index (Phi) is 3.56. The predicted octanol–water partition coefficient (Wildman–Crippen LogP) is -0.161.